The van der Waals surface area contributed by atoms with Crippen molar-refractivity contribution in [3.63, 3.8) is 0 Å². The number of methoxy groups -OCH3 is 1. The summed E-state index contributed by atoms with van der Waals surface area (Å²) in [6.45, 7) is 0.848. The molecule has 0 aliphatic heterocycles. The lowest BCUT2D eigenvalue weighted by Crippen LogP contribution is -2.39. The molecule has 0 radical (unpaired) electrons. The Morgan fingerprint density at radius 1 is 1.12 bits per heavy atom. The molecule has 0 fully saturated rings. The second-order valence-corrected chi connectivity index (χ2v) is 6.61. The molecule has 2 aromatic rings. The summed E-state index contributed by atoms with van der Waals surface area (Å²) in [6.07, 6.45) is 3.83. The second-order valence-electron chi connectivity index (χ2n) is 6.61. The van der Waals surface area contributed by atoms with E-state index >= 15 is 0 Å². The van der Waals surface area contributed by atoms with Crippen molar-refractivity contribution in [1.82, 2.24) is 5.32 Å². The maximum atomic E-state index is 10.2. The van der Waals surface area contributed by atoms with Crippen molar-refractivity contribution < 1.29 is 14.6 Å². The zero-order valence-corrected chi connectivity index (χ0v) is 14.8. The Labute approximate surface area is 149 Å². The molecule has 0 heterocycles. The molecular weight excluding hydrogens is 314 g/mol. The average Bonchev–Trinajstić information content (AvgIpc) is 2.86. The molecular formula is C21H27NO3. The lowest BCUT2D eigenvalue weighted by molar-refractivity contribution is 0.103. The predicted octanol–water partition coefficient (Wildman–Crippen LogP) is 2.97. The Kier molecular flexibility index (Phi) is 6.31. The van der Waals surface area contributed by atoms with Gasteiger partial charge < -0.3 is 19.9 Å². The van der Waals surface area contributed by atoms with Gasteiger partial charge in [0.05, 0.1) is 7.11 Å². The Morgan fingerprint density at radius 3 is 2.76 bits per heavy atom. The van der Waals surface area contributed by atoms with Gasteiger partial charge in [0.15, 0.2) is 0 Å². The van der Waals surface area contributed by atoms with Gasteiger partial charge in [0.2, 0.25) is 0 Å². The molecule has 0 saturated carbocycles. The molecule has 134 valence electrons. The normalized spacial score (nSPS) is 18.1. The van der Waals surface area contributed by atoms with Gasteiger partial charge in [-0.15, -0.1) is 0 Å². The summed E-state index contributed by atoms with van der Waals surface area (Å²) in [5, 5.41) is 13.7. The number of benzene rings is 2. The van der Waals surface area contributed by atoms with Crippen LogP contribution in [0.15, 0.2) is 48.5 Å². The van der Waals surface area contributed by atoms with Crippen LogP contribution in [0.1, 0.15) is 24.0 Å². The van der Waals surface area contributed by atoms with Gasteiger partial charge in [-0.1, -0.05) is 24.3 Å². The number of aliphatic hydroxyl groups excluding tert-OH is 1. The highest BCUT2D eigenvalue weighted by atomic mass is 16.5. The average molecular weight is 341 g/mol. The minimum absolute atomic E-state index is 0.303. The molecule has 1 aliphatic carbocycles. The summed E-state index contributed by atoms with van der Waals surface area (Å²) in [4.78, 5) is 0. The van der Waals surface area contributed by atoms with Crippen LogP contribution in [-0.2, 0) is 12.8 Å². The third-order valence-corrected chi connectivity index (χ3v) is 4.71. The van der Waals surface area contributed by atoms with Crippen molar-refractivity contribution in [1.29, 1.82) is 0 Å². The summed E-state index contributed by atoms with van der Waals surface area (Å²) in [6, 6.07) is 16.3. The van der Waals surface area contributed by atoms with Crippen molar-refractivity contribution >= 4 is 0 Å². The first-order valence-corrected chi connectivity index (χ1v) is 8.99. The number of hydrogen-bond donors (Lipinski definition) is 2. The molecule has 2 N–H and O–H groups in total. The Balaban J connectivity index is 1.47. The van der Waals surface area contributed by atoms with Gasteiger partial charge >= 0.3 is 0 Å². The molecule has 2 aromatic carbocycles. The van der Waals surface area contributed by atoms with Crippen molar-refractivity contribution in [3.8, 4) is 11.5 Å². The summed E-state index contributed by atoms with van der Waals surface area (Å²) in [5.74, 6) is 1.72. The molecule has 0 saturated heterocycles. The summed E-state index contributed by atoms with van der Waals surface area (Å²) < 4.78 is 10.9. The smallest absolute Gasteiger partial charge is 0.119 e. The standard InChI is InChI=1S/C21H27NO3/c1-24-21-11-10-17-12-18(7-5-6-16(17)13-21)22-14-19(23)15-25-20-8-3-2-4-9-20/h2-4,8-11,13,18-19,22-23H,5-7,12,14-15H2,1H3/t18?,19-/m0/s1. The summed E-state index contributed by atoms with van der Waals surface area (Å²) in [7, 11) is 1.71. The van der Waals surface area contributed by atoms with Crippen LogP contribution in [0.3, 0.4) is 0 Å². The molecule has 3 rings (SSSR count). The fourth-order valence-corrected chi connectivity index (χ4v) is 3.31. The molecule has 2 atom stereocenters. The summed E-state index contributed by atoms with van der Waals surface area (Å²) in [5.41, 5.74) is 2.77. The highest BCUT2D eigenvalue weighted by Gasteiger charge is 2.18. The van der Waals surface area contributed by atoms with Gasteiger partial charge in [-0.05, 0) is 61.1 Å². The molecule has 1 unspecified atom stereocenters. The predicted molar refractivity (Wildman–Crippen MR) is 99.4 cm³/mol. The molecule has 0 amide bonds. The number of aliphatic hydroxyl groups is 1. The third-order valence-electron chi connectivity index (χ3n) is 4.71. The minimum atomic E-state index is -0.515. The van der Waals surface area contributed by atoms with Crippen molar-refractivity contribution in [2.45, 2.75) is 37.8 Å². The first-order chi connectivity index (χ1) is 12.2. The number of para-hydroxylation sites is 1. The van der Waals surface area contributed by atoms with Crippen LogP contribution >= 0.6 is 0 Å². The fourth-order valence-electron chi connectivity index (χ4n) is 3.31. The SMILES string of the molecule is COc1ccc2c(c1)CCCC(NC[C@H](O)COc1ccccc1)C2. The van der Waals surface area contributed by atoms with E-state index in [9.17, 15) is 5.11 Å². The van der Waals surface area contributed by atoms with Crippen LogP contribution in [0, 0.1) is 0 Å². The first-order valence-electron chi connectivity index (χ1n) is 8.99. The van der Waals surface area contributed by atoms with Gasteiger partial charge in [-0.25, -0.2) is 0 Å². The Morgan fingerprint density at radius 2 is 1.96 bits per heavy atom. The number of aryl methyl sites for hydroxylation is 1. The van der Waals surface area contributed by atoms with Gasteiger partial charge in [-0.3, -0.25) is 0 Å². The molecule has 0 aromatic heterocycles. The van der Waals surface area contributed by atoms with Crippen molar-refractivity contribution in [2.24, 2.45) is 0 Å². The molecule has 1 aliphatic rings. The largest absolute Gasteiger partial charge is 0.497 e. The van der Waals surface area contributed by atoms with Crippen LogP contribution < -0.4 is 14.8 Å². The minimum Gasteiger partial charge on any atom is -0.497 e. The van der Waals surface area contributed by atoms with E-state index in [4.69, 9.17) is 9.47 Å². The second kappa shape index (κ2) is 8.88. The van der Waals surface area contributed by atoms with Gasteiger partial charge in [0.25, 0.3) is 0 Å². The maximum Gasteiger partial charge on any atom is 0.119 e. The molecule has 4 heteroatoms. The molecule has 0 bridgehead atoms. The van der Waals surface area contributed by atoms with E-state index in [2.05, 4.69) is 17.4 Å². The highest BCUT2D eigenvalue weighted by Crippen LogP contribution is 2.25. The zero-order valence-electron chi connectivity index (χ0n) is 14.8. The van der Waals surface area contributed by atoms with Gasteiger partial charge in [0.1, 0.15) is 24.2 Å². The lowest BCUT2D eigenvalue weighted by Gasteiger charge is -2.20. The van der Waals surface area contributed by atoms with E-state index in [0.717, 1.165) is 37.2 Å². The number of hydrogen-bond acceptors (Lipinski definition) is 4. The quantitative estimate of drug-likeness (QED) is 0.760. The van der Waals surface area contributed by atoms with Crippen molar-refractivity contribution in [3.05, 3.63) is 59.7 Å². The topological polar surface area (TPSA) is 50.7 Å². The van der Waals surface area contributed by atoms with E-state index in [1.807, 2.05) is 36.4 Å². The van der Waals surface area contributed by atoms with Crippen LogP contribution in [0.5, 0.6) is 11.5 Å². The monoisotopic (exact) mass is 341 g/mol. The Hall–Kier alpha value is -2.04. The molecule has 0 spiro atoms. The van der Waals surface area contributed by atoms with E-state index in [1.165, 1.54) is 11.1 Å². The highest BCUT2D eigenvalue weighted by molar-refractivity contribution is 5.37. The first kappa shape index (κ1) is 17.8. The third kappa shape index (κ3) is 5.21. The Bertz CT molecular complexity index is 659. The van der Waals surface area contributed by atoms with Crippen LogP contribution in [-0.4, -0.2) is 37.5 Å². The number of fused-ring (bicyclic) bond motifs is 1. The van der Waals surface area contributed by atoms with E-state index < -0.39 is 6.10 Å². The van der Waals surface area contributed by atoms with Gasteiger partial charge in [-0.2, -0.15) is 0 Å². The number of rotatable bonds is 7. The lowest BCUT2D eigenvalue weighted by atomic mass is 10.0. The van der Waals surface area contributed by atoms with Gasteiger partial charge in [0, 0.05) is 12.6 Å². The molecule has 25 heavy (non-hydrogen) atoms. The maximum absolute atomic E-state index is 10.2. The van der Waals surface area contributed by atoms with Crippen molar-refractivity contribution in [2.75, 3.05) is 20.3 Å². The fraction of sp³-hybridized carbons (Fsp3) is 0.429. The van der Waals surface area contributed by atoms with Crippen LogP contribution in [0.4, 0.5) is 0 Å². The zero-order chi connectivity index (χ0) is 17.5. The van der Waals surface area contributed by atoms with E-state index in [-0.39, 0.29) is 0 Å². The molecule has 4 nitrogen and oxygen atoms in total. The van der Waals surface area contributed by atoms with Crippen LogP contribution in [0.2, 0.25) is 0 Å². The summed E-state index contributed by atoms with van der Waals surface area (Å²) >= 11 is 0. The number of nitrogens with one attached hydrogen (secondary N) is 1. The van der Waals surface area contributed by atoms with E-state index in [1.54, 1.807) is 7.11 Å². The van der Waals surface area contributed by atoms with Crippen LogP contribution in [0.25, 0.3) is 0 Å². The number of ether oxygens (including phenoxy) is 2. The van der Waals surface area contributed by atoms with E-state index in [0.29, 0.717) is 19.2 Å².